The summed E-state index contributed by atoms with van der Waals surface area (Å²) in [6.45, 7) is 7.53. The lowest BCUT2D eigenvalue weighted by molar-refractivity contribution is 0.404. The maximum absolute atomic E-state index is 13.0. The second-order valence-corrected chi connectivity index (χ2v) is 15.8. The van der Waals surface area contributed by atoms with Gasteiger partial charge in [-0.15, -0.1) is 0 Å². The molecular formula is C19H41N3O5Si3. The van der Waals surface area contributed by atoms with Gasteiger partial charge in [0.1, 0.15) is 0 Å². The molecule has 8 nitrogen and oxygen atoms in total. The Hall–Kier alpha value is -1.02. The summed E-state index contributed by atoms with van der Waals surface area (Å²) in [7, 11) is 0.845. The highest BCUT2D eigenvalue weighted by atomic mass is 28.3. The normalized spacial score (nSPS) is 13.9. The van der Waals surface area contributed by atoms with Crippen LogP contribution in [0.25, 0.3) is 0 Å². The van der Waals surface area contributed by atoms with Crippen LogP contribution in [0, 0.1) is 0 Å². The third kappa shape index (κ3) is 7.91. The van der Waals surface area contributed by atoms with E-state index in [2.05, 4.69) is 20.4 Å². The van der Waals surface area contributed by atoms with Crippen LogP contribution in [0.2, 0.25) is 36.8 Å². The Labute approximate surface area is 185 Å². The third-order valence-electron chi connectivity index (χ3n) is 5.76. The molecule has 11 heteroatoms. The first-order valence-corrected chi connectivity index (χ1v) is 18.1. The molecule has 0 aliphatic rings. The lowest BCUT2D eigenvalue weighted by Gasteiger charge is -2.16. The van der Waals surface area contributed by atoms with Gasteiger partial charge in [0.15, 0.2) is 18.1 Å². The molecule has 2 atom stereocenters. The molecule has 2 unspecified atom stereocenters. The van der Waals surface area contributed by atoms with Gasteiger partial charge in [-0.2, -0.15) is 0 Å². The zero-order chi connectivity index (χ0) is 22.5. The van der Waals surface area contributed by atoms with Gasteiger partial charge in [-0.3, -0.25) is 0 Å². The summed E-state index contributed by atoms with van der Waals surface area (Å²) in [4.78, 5) is 38.9. The maximum atomic E-state index is 13.0. The zero-order valence-electron chi connectivity index (χ0n) is 19.5. The van der Waals surface area contributed by atoms with Crippen LogP contribution in [0.1, 0.15) is 33.1 Å². The van der Waals surface area contributed by atoms with Crippen LogP contribution >= 0.6 is 0 Å². The molecule has 0 aromatic carbocycles. The number of hydrogen-bond donors (Lipinski definition) is 0. The van der Waals surface area contributed by atoms with Crippen molar-refractivity contribution in [3.8, 4) is 0 Å². The number of rotatable bonds is 16. The van der Waals surface area contributed by atoms with Gasteiger partial charge in [0.25, 0.3) is 0 Å². The Bertz CT molecular complexity index is 729. The van der Waals surface area contributed by atoms with Crippen LogP contribution < -0.4 is 17.1 Å². The van der Waals surface area contributed by atoms with Crippen LogP contribution in [0.3, 0.4) is 0 Å². The Kier molecular flexibility index (Phi) is 13.4. The van der Waals surface area contributed by atoms with Gasteiger partial charge in [-0.05, 0) is 43.4 Å². The lowest BCUT2D eigenvalue weighted by Crippen LogP contribution is -2.54. The van der Waals surface area contributed by atoms with Crippen LogP contribution in [0.5, 0.6) is 0 Å². The van der Waals surface area contributed by atoms with Crippen molar-refractivity contribution >= 4 is 27.6 Å². The zero-order valence-corrected chi connectivity index (χ0v) is 23.2. The number of aromatic nitrogens is 3. The smallest absolute Gasteiger partial charge is 0.336 e. The second-order valence-electron chi connectivity index (χ2n) is 7.83. The van der Waals surface area contributed by atoms with Crippen molar-refractivity contribution in [2.75, 3.05) is 14.2 Å². The molecule has 0 spiro atoms. The molecule has 0 saturated carbocycles. The van der Waals surface area contributed by atoms with E-state index in [1.807, 2.05) is 0 Å². The lowest BCUT2D eigenvalue weighted by atomic mass is 10.4. The highest BCUT2D eigenvalue weighted by molar-refractivity contribution is 6.51. The molecule has 1 aromatic rings. The molecule has 0 fully saturated rings. The summed E-state index contributed by atoms with van der Waals surface area (Å²) in [5.41, 5.74) is -1.38. The van der Waals surface area contributed by atoms with Crippen molar-refractivity contribution < 1.29 is 8.85 Å². The van der Waals surface area contributed by atoms with Gasteiger partial charge in [-0.25, -0.2) is 28.1 Å². The molecule has 0 amide bonds. The fourth-order valence-electron chi connectivity index (χ4n) is 3.71. The molecule has 1 rings (SSSR count). The molecule has 0 aliphatic heterocycles. The van der Waals surface area contributed by atoms with Crippen LogP contribution in [0.4, 0.5) is 0 Å². The molecule has 0 radical (unpaired) electrons. The van der Waals surface area contributed by atoms with E-state index in [9.17, 15) is 14.4 Å². The molecule has 0 bridgehead atoms. The van der Waals surface area contributed by atoms with E-state index >= 15 is 0 Å². The minimum Gasteiger partial charge on any atom is -0.423 e. The quantitative estimate of drug-likeness (QED) is 0.260. The highest BCUT2D eigenvalue weighted by Gasteiger charge is 2.17. The van der Waals surface area contributed by atoms with Crippen molar-refractivity contribution in [2.24, 2.45) is 0 Å². The molecular weight excluding hydrogens is 434 g/mol. The summed E-state index contributed by atoms with van der Waals surface area (Å²) in [6.07, 6.45) is 2.27. The predicted octanol–water partition coefficient (Wildman–Crippen LogP) is 0.757. The van der Waals surface area contributed by atoms with Gasteiger partial charge >= 0.3 is 17.1 Å². The summed E-state index contributed by atoms with van der Waals surface area (Å²) in [5, 5.41) is 0. The maximum Gasteiger partial charge on any atom is 0.336 e. The Balaban J connectivity index is 3.14. The van der Waals surface area contributed by atoms with Gasteiger partial charge in [0.05, 0.1) is 0 Å². The highest BCUT2D eigenvalue weighted by Crippen LogP contribution is 2.05. The first kappa shape index (κ1) is 27.0. The van der Waals surface area contributed by atoms with E-state index in [1.54, 1.807) is 14.2 Å². The molecule has 174 valence electrons. The molecule has 0 saturated heterocycles. The Morgan fingerprint density at radius 3 is 1.40 bits per heavy atom. The molecule has 1 aromatic heterocycles. The average Bonchev–Trinajstić information content (AvgIpc) is 2.75. The van der Waals surface area contributed by atoms with Crippen molar-refractivity contribution in [1.82, 2.24) is 13.7 Å². The number of nitrogens with zero attached hydrogens (tertiary/aromatic N) is 3. The summed E-state index contributed by atoms with van der Waals surface area (Å²) < 4.78 is 14.9. The fourth-order valence-corrected chi connectivity index (χ4v) is 7.66. The first-order valence-electron chi connectivity index (χ1n) is 11.4. The van der Waals surface area contributed by atoms with E-state index in [4.69, 9.17) is 8.85 Å². The summed E-state index contributed by atoms with van der Waals surface area (Å²) >= 11 is 0. The predicted molar refractivity (Wildman–Crippen MR) is 131 cm³/mol. The topological polar surface area (TPSA) is 84.5 Å². The first-order chi connectivity index (χ1) is 14.4. The Morgan fingerprint density at radius 1 is 0.733 bits per heavy atom. The van der Waals surface area contributed by atoms with Crippen molar-refractivity contribution in [3.63, 3.8) is 0 Å². The average molecular weight is 476 g/mol. The van der Waals surface area contributed by atoms with Gasteiger partial charge in [0, 0.05) is 43.4 Å². The van der Waals surface area contributed by atoms with Crippen molar-refractivity contribution in [2.45, 2.75) is 89.5 Å². The number of hydrogen-bond acceptors (Lipinski definition) is 5. The van der Waals surface area contributed by atoms with E-state index in [-0.39, 0.29) is 9.52 Å². The molecule has 1 heterocycles. The third-order valence-corrected chi connectivity index (χ3v) is 12.2. The van der Waals surface area contributed by atoms with Crippen molar-refractivity contribution in [3.05, 3.63) is 31.5 Å². The monoisotopic (exact) mass is 475 g/mol. The Morgan fingerprint density at radius 2 is 1.10 bits per heavy atom. The summed E-state index contributed by atoms with van der Waals surface area (Å²) in [6, 6.07) is 4.96. The second kappa shape index (κ2) is 14.9. The SMILES string of the molecule is CC[SiH](CCCn1c(=O)n(CCC[SiH2]C)c(=O)n(CCC[SiH](CC)OC)c1=O)OC. The van der Waals surface area contributed by atoms with E-state index in [1.165, 1.54) is 13.7 Å². The van der Waals surface area contributed by atoms with Gasteiger partial charge in [0.2, 0.25) is 0 Å². The molecule has 30 heavy (non-hydrogen) atoms. The van der Waals surface area contributed by atoms with Crippen LogP contribution in [0.15, 0.2) is 14.4 Å². The van der Waals surface area contributed by atoms with E-state index in [0.717, 1.165) is 49.5 Å². The largest absolute Gasteiger partial charge is 0.423 e. The minimum absolute atomic E-state index is 0.121. The van der Waals surface area contributed by atoms with Crippen molar-refractivity contribution in [1.29, 1.82) is 0 Å². The standard InChI is InChI=1S/C19H41N3O5Si3/c1-6-29(26-3)15-9-12-21-17(23)20(11-8-14-28-5)18(24)22(19(21)25)13-10-16-30(7-2)27-4/h29-30H,6-16,28H2,1-5H3. The van der Waals surface area contributed by atoms with E-state index < -0.39 is 35.1 Å². The van der Waals surface area contributed by atoms with Crippen LogP contribution in [-0.2, 0) is 28.5 Å². The van der Waals surface area contributed by atoms with Gasteiger partial charge in [-0.1, -0.05) is 26.4 Å². The molecule has 0 N–H and O–H groups in total. The summed E-state index contributed by atoms with van der Waals surface area (Å²) in [5.74, 6) is 0. The van der Waals surface area contributed by atoms with E-state index in [0.29, 0.717) is 19.6 Å². The molecule has 0 aliphatic carbocycles. The van der Waals surface area contributed by atoms with Crippen LogP contribution in [-0.4, -0.2) is 55.5 Å². The van der Waals surface area contributed by atoms with Gasteiger partial charge < -0.3 is 8.85 Å². The minimum atomic E-state index is -1.26. The fraction of sp³-hybridized carbons (Fsp3) is 0.842.